The molecule has 0 bridgehead atoms. The number of thioether (sulfide) groups is 1. The lowest BCUT2D eigenvalue weighted by molar-refractivity contribution is -0.0889. The fourth-order valence-corrected chi connectivity index (χ4v) is 5.62. The van der Waals surface area contributed by atoms with E-state index in [0.29, 0.717) is 29.7 Å². The first-order chi connectivity index (χ1) is 14.7. The van der Waals surface area contributed by atoms with Crippen LogP contribution < -0.4 is 5.32 Å². The number of aliphatic hydroxyl groups excluding tert-OH is 1. The van der Waals surface area contributed by atoms with Gasteiger partial charge in [0.25, 0.3) is 0 Å². The molecule has 0 fully saturated rings. The van der Waals surface area contributed by atoms with Crippen molar-refractivity contribution in [1.29, 1.82) is 5.26 Å². The molecule has 164 valence electrons. The van der Waals surface area contributed by atoms with Gasteiger partial charge in [-0.05, 0) is 37.7 Å². The fourth-order valence-electron chi connectivity index (χ4n) is 4.77. The molecule has 0 saturated carbocycles. The van der Waals surface area contributed by atoms with Crippen LogP contribution in [0.15, 0.2) is 58.9 Å². The summed E-state index contributed by atoms with van der Waals surface area (Å²) in [6, 6.07) is 0.419. The summed E-state index contributed by atoms with van der Waals surface area (Å²) in [6.07, 6.45) is 6.76. The third-order valence-corrected chi connectivity index (χ3v) is 7.18. The normalized spacial score (nSPS) is 33.0. The van der Waals surface area contributed by atoms with Gasteiger partial charge >= 0.3 is 12.2 Å². The predicted molar refractivity (Wildman–Crippen MR) is 112 cm³/mol. The summed E-state index contributed by atoms with van der Waals surface area (Å²) in [5, 5.41) is 22.8. The van der Waals surface area contributed by atoms with E-state index in [-0.39, 0.29) is 17.6 Å². The van der Waals surface area contributed by atoms with E-state index in [9.17, 15) is 28.3 Å². The Kier molecular flexibility index (Phi) is 5.79. The number of hydrogen-bond acceptors (Lipinski definition) is 4. The molecule has 2 N–H and O–H groups in total. The number of carbonyl (C=O) groups excluding carboxylic acids is 1. The summed E-state index contributed by atoms with van der Waals surface area (Å²) in [5.41, 5.74) is 1.05. The van der Waals surface area contributed by atoms with Gasteiger partial charge in [-0.15, -0.1) is 0 Å². The second-order valence-corrected chi connectivity index (χ2v) is 8.97. The smallest absolute Gasteiger partial charge is 0.389 e. The van der Waals surface area contributed by atoms with Crippen LogP contribution in [0, 0.1) is 17.2 Å². The molecule has 9 heteroatoms. The predicted octanol–water partition coefficient (Wildman–Crippen LogP) is 3.97. The Bertz CT molecular complexity index is 973. The van der Waals surface area contributed by atoms with Crippen molar-refractivity contribution in [2.45, 2.75) is 48.9 Å². The Morgan fingerprint density at radius 3 is 2.77 bits per heavy atom. The number of nitriles is 1. The van der Waals surface area contributed by atoms with Crippen molar-refractivity contribution >= 4 is 17.8 Å². The fraction of sp³-hybridized carbons (Fsp3) is 0.455. The minimum atomic E-state index is -4.49. The van der Waals surface area contributed by atoms with E-state index >= 15 is 0 Å². The molecule has 31 heavy (non-hydrogen) atoms. The zero-order valence-corrected chi connectivity index (χ0v) is 17.6. The number of amides is 2. The van der Waals surface area contributed by atoms with E-state index in [2.05, 4.69) is 11.4 Å². The molecule has 5 nitrogen and oxygen atoms in total. The quantitative estimate of drug-likeness (QED) is 0.684. The lowest BCUT2D eigenvalue weighted by atomic mass is 9.83. The topological polar surface area (TPSA) is 76.4 Å². The molecule has 0 saturated heterocycles. The number of nitrogens with zero attached hydrogens (tertiary/aromatic N) is 2. The maximum Gasteiger partial charge on any atom is 0.416 e. The molecule has 2 amide bonds. The number of allylic oxidation sites excluding steroid dienone is 5. The van der Waals surface area contributed by atoms with Crippen LogP contribution in [0.25, 0.3) is 0 Å². The van der Waals surface area contributed by atoms with Gasteiger partial charge in [0.2, 0.25) is 0 Å². The van der Waals surface area contributed by atoms with Crippen LogP contribution in [0.4, 0.5) is 18.0 Å². The van der Waals surface area contributed by atoms with Crippen LogP contribution >= 0.6 is 11.8 Å². The largest absolute Gasteiger partial charge is 0.416 e. The standard InChI is InChI=1S/C22H22F3N3O2S/c1-31-18-9-12(11-26)5-6-15(18)20-19-16(7-8-17(19)29)28(21(30)27-20)14-4-2-3-13(10-14)22(23,24)25/h2-3,5-6,9-10,14-15,17-18,20,29H,4,7-8H2,1H3,(H,27,30)/t14?,15?,17?,18?,20-/m1/s1. The maximum absolute atomic E-state index is 13.2. The van der Waals surface area contributed by atoms with Crippen LogP contribution in [-0.2, 0) is 0 Å². The molecule has 4 rings (SSSR count). The summed E-state index contributed by atoms with van der Waals surface area (Å²) in [5.74, 6) is -0.177. The summed E-state index contributed by atoms with van der Waals surface area (Å²) in [7, 11) is 0. The molecule has 1 aliphatic heterocycles. The molecular weight excluding hydrogens is 427 g/mol. The summed E-state index contributed by atoms with van der Waals surface area (Å²) in [6.45, 7) is 0. The van der Waals surface area contributed by atoms with E-state index in [4.69, 9.17) is 0 Å². The molecule has 1 heterocycles. The van der Waals surface area contributed by atoms with Crippen LogP contribution in [0.5, 0.6) is 0 Å². The van der Waals surface area contributed by atoms with Crippen molar-refractivity contribution in [2.75, 3.05) is 6.26 Å². The average molecular weight is 449 g/mol. The van der Waals surface area contributed by atoms with Crippen molar-refractivity contribution in [3.8, 4) is 6.07 Å². The SMILES string of the molecule is CSC1C=C(C#N)C=CC1[C@H]1NC(=O)N(C2C=C(C(F)(F)F)C=CC2)C2=C1C(O)CC2. The maximum atomic E-state index is 13.2. The Morgan fingerprint density at radius 1 is 1.32 bits per heavy atom. The van der Waals surface area contributed by atoms with Gasteiger partial charge in [-0.1, -0.05) is 24.3 Å². The van der Waals surface area contributed by atoms with E-state index in [1.165, 1.54) is 11.0 Å². The Labute approximate surface area is 182 Å². The number of urea groups is 1. The summed E-state index contributed by atoms with van der Waals surface area (Å²) < 4.78 is 39.7. The number of rotatable bonds is 3. The minimum absolute atomic E-state index is 0.0765. The van der Waals surface area contributed by atoms with Gasteiger partial charge in [0, 0.05) is 28.0 Å². The van der Waals surface area contributed by atoms with E-state index in [0.717, 1.165) is 12.2 Å². The van der Waals surface area contributed by atoms with Gasteiger partial charge in [-0.25, -0.2) is 4.79 Å². The van der Waals surface area contributed by atoms with Gasteiger partial charge in [-0.3, -0.25) is 4.90 Å². The van der Waals surface area contributed by atoms with Crippen molar-refractivity contribution in [1.82, 2.24) is 10.2 Å². The van der Waals surface area contributed by atoms with Gasteiger partial charge < -0.3 is 10.4 Å². The number of carbonyl (C=O) groups is 1. The highest BCUT2D eigenvalue weighted by Gasteiger charge is 2.46. The van der Waals surface area contributed by atoms with Crippen molar-refractivity contribution in [3.05, 3.63) is 58.9 Å². The number of alkyl halides is 3. The Balaban J connectivity index is 1.71. The van der Waals surface area contributed by atoms with Gasteiger partial charge in [-0.2, -0.15) is 30.2 Å². The summed E-state index contributed by atoms with van der Waals surface area (Å²) in [4.78, 5) is 14.5. The first-order valence-electron chi connectivity index (χ1n) is 10.0. The molecule has 3 aliphatic carbocycles. The van der Waals surface area contributed by atoms with E-state index < -0.39 is 36.0 Å². The monoisotopic (exact) mass is 449 g/mol. The zero-order valence-electron chi connectivity index (χ0n) is 16.8. The highest BCUT2D eigenvalue weighted by molar-refractivity contribution is 7.99. The molecule has 4 unspecified atom stereocenters. The first-order valence-corrected chi connectivity index (χ1v) is 11.3. The second kappa shape index (κ2) is 8.24. The van der Waals surface area contributed by atoms with Gasteiger partial charge in [0.05, 0.1) is 29.8 Å². The zero-order chi connectivity index (χ0) is 22.3. The Hall–Kier alpha value is -2.44. The van der Waals surface area contributed by atoms with Crippen molar-refractivity contribution in [2.24, 2.45) is 5.92 Å². The van der Waals surface area contributed by atoms with Crippen molar-refractivity contribution < 1.29 is 23.1 Å². The van der Waals surface area contributed by atoms with Crippen LogP contribution in [-0.4, -0.2) is 51.9 Å². The average Bonchev–Trinajstić information content (AvgIpc) is 3.13. The molecule has 4 aliphatic rings. The second-order valence-electron chi connectivity index (χ2n) is 7.95. The molecule has 0 aromatic heterocycles. The minimum Gasteiger partial charge on any atom is -0.389 e. The number of hydrogen-bond donors (Lipinski definition) is 2. The van der Waals surface area contributed by atoms with Crippen molar-refractivity contribution in [3.63, 3.8) is 0 Å². The molecular formula is C22H22F3N3O2S. The lowest BCUT2D eigenvalue weighted by Crippen LogP contribution is -2.57. The third-order valence-electron chi connectivity index (χ3n) is 6.18. The van der Waals surface area contributed by atoms with Gasteiger partial charge in [0.15, 0.2) is 0 Å². The highest BCUT2D eigenvalue weighted by Crippen LogP contribution is 2.42. The molecule has 5 atom stereocenters. The molecule has 0 aromatic rings. The van der Waals surface area contributed by atoms with Gasteiger partial charge in [0.1, 0.15) is 0 Å². The number of halogens is 3. The Morgan fingerprint density at radius 2 is 2.10 bits per heavy atom. The third kappa shape index (κ3) is 3.94. The molecule has 0 spiro atoms. The van der Waals surface area contributed by atoms with Crippen LogP contribution in [0.2, 0.25) is 0 Å². The van der Waals surface area contributed by atoms with Crippen LogP contribution in [0.1, 0.15) is 19.3 Å². The van der Waals surface area contributed by atoms with E-state index in [1.54, 1.807) is 17.8 Å². The summed E-state index contributed by atoms with van der Waals surface area (Å²) >= 11 is 1.54. The number of nitrogens with one attached hydrogen (secondary N) is 1. The molecule has 0 aromatic carbocycles. The highest BCUT2D eigenvalue weighted by atomic mass is 32.2. The van der Waals surface area contributed by atoms with Crippen LogP contribution in [0.3, 0.4) is 0 Å². The lowest BCUT2D eigenvalue weighted by Gasteiger charge is -2.43. The molecule has 0 radical (unpaired) electrons. The number of aliphatic hydroxyl groups is 1. The first kappa shape index (κ1) is 21.8. The van der Waals surface area contributed by atoms with E-state index in [1.807, 2.05) is 18.4 Å².